The minimum atomic E-state index is 0.303. The van der Waals surface area contributed by atoms with Crippen LogP contribution in [0.2, 0.25) is 10.0 Å². The molecule has 7 heteroatoms. The van der Waals surface area contributed by atoms with Crippen molar-refractivity contribution < 1.29 is 9.57 Å². The van der Waals surface area contributed by atoms with Crippen LogP contribution in [0.4, 0.5) is 0 Å². The van der Waals surface area contributed by atoms with Crippen molar-refractivity contribution in [2.24, 2.45) is 5.16 Å². The monoisotopic (exact) mass is 375 g/mol. The average Bonchev–Trinajstić information content (AvgIpc) is 3.14. The van der Waals surface area contributed by atoms with Gasteiger partial charge in [0, 0.05) is 28.0 Å². The molecule has 3 rings (SSSR count). The predicted molar refractivity (Wildman–Crippen MR) is 98.4 cm³/mol. The summed E-state index contributed by atoms with van der Waals surface area (Å²) in [5.41, 5.74) is 1.61. The maximum Gasteiger partial charge on any atom is 0.188 e. The van der Waals surface area contributed by atoms with Crippen LogP contribution < -0.4 is 4.74 Å². The Hall–Kier alpha value is -2.50. The Bertz CT molecular complexity index is 880. The molecular weight excluding hydrogens is 361 g/mol. The summed E-state index contributed by atoms with van der Waals surface area (Å²) in [6, 6.07) is 12.9. The third-order valence-corrected chi connectivity index (χ3v) is 4.04. The van der Waals surface area contributed by atoms with Crippen LogP contribution in [0, 0.1) is 0 Å². The van der Waals surface area contributed by atoms with Gasteiger partial charge in [0.15, 0.2) is 5.84 Å². The molecule has 5 nitrogen and oxygen atoms in total. The SMILES string of the molecule is CO/N=C(/c1ccccc1OCc1ccc(Cl)cc1Cl)n1ccnc1. The standard InChI is InChI=1S/C18H15Cl2N3O2/c1-24-22-18(23-9-8-21-12-23)15-4-2-3-5-17(15)25-11-13-6-7-14(19)10-16(13)20/h2-10,12H,11H2,1H3/b22-18-. The van der Waals surface area contributed by atoms with Crippen LogP contribution >= 0.6 is 23.2 Å². The Morgan fingerprint density at radius 1 is 1.20 bits per heavy atom. The molecule has 2 aromatic carbocycles. The van der Waals surface area contributed by atoms with Crippen LogP contribution in [0.1, 0.15) is 11.1 Å². The summed E-state index contributed by atoms with van der Waals surface area (Å²) < 4.78 is 7.72. The first-order valence-electron chi connectivity index (χ1n) is 7.44. The van der Waals surface area contributed by atoms with E-state index in [1.54, 1.807) is 35.4 Å². The van der Waals surface area contributed by atoms with Gasteiger partial charge in [-0.3, -0.25) is 4.57 Å². The molecule has 0 atom stereocenters. The van der Waals surface area contributed by atoms with Gasteiger partial charge < -0.3 is 9.57 Å². The highest BCUT2D eigenvalue weighted by molar-refractivity contribution is 6.35. The van der Waals surface area contributed by atoms with E-state index in [0.717, 1.165) is 11.1 Å². The van der Waals surface area contributed by atoms with Gasteiger partial charge >= 0.3 is 0 Å². The second-order valence-electron chi connectivity index (χ2n) is 5.09. The van der Waals surface area contributed by atoms with Gasteiger partial charge in [-0.15, -0.1) is 0 Å². The maximum absolute atomic E-state index is 6.21. The molecule has 0 spiro atoms. The number of hydrogen-bond acceptors (Lipinski definition) is 4. The molecule has 0 N–H and O–H groups in total. The number of hydrogen-bond donors (Lipinski definition) is 0. The average molecular weight is 376 g/mol. The van der Waals surface area contributed by atoms with Crippen LogP contribution in [0.5, 0.6) is 5.75 Å². The summed E-state index contributed by atoms with van der Waals surface area (Å²) >= 11 is 12.1. The number of oxime groups is 1. The first-order valence-corrected chi connectivity index (χ1v) is 8.20. The molecule has 0 bridgehead atoms. The van der Waals surface area contributed by atoms with E-state index in [1.807, 2.05) is 30.3 Å². The maximum atomic E-state index is 6.21. The van der Waals surface area contributed by atoms with Crippen molar-refractivity contribution in [1.29, 1.82) is 0 Å². The van der Waals surface area contributed by atoms with Crippen LogP contribution in [0.25, 0.3) is 0 Å². The normalized spacial score (nSPS) is 11.4. The zero-order chi connectivity index (χ0) is 17.6. The van der Waals surface area contributed by atoms with Gasteiger partial charge in [0.05, 0.1) is 5.56 Å². The molecule has 0 unspecified atom stereocenters. The fourth-order valence-corrected chi connectivity index (χ4v) is 2.74. The van der Waals surface area contributed by atoms with Crippen LogP contribution in [-0.4, -0.2) is 22.5 Å². The predicted octanol–water partition coefficient (Wildman–Crippen LogP) is 4.63. The van der Waals surface area contributed by atoms with E-state index < -0.39 is 0 Å². The third-order valence-electron chi connectivity index (χ3n) is 3.45. The Morgan fingerprint density at radius 2 is 2.04 bits per heavy atom. The molecule has 0 saturated heterocycles. The summed E-state index contributed by atoms with van der Waals surface area (Å²) in [5.74, 6) is 1.22. The molecule has 0 fully saturated rings. The van der Waals surface area contributed by atoms with E-state index >= 15 is 0 Å². The Labute approximate surface area is 155 Å². The number of nitrogens with zero attached hydrogens (tertiary/aromatic N) is 3. The van der Waals surface area contributed by atoms with Gasteiger partial charge in [-0.2, -0.15) is 0 Å². The largest absolute Gasteiger partial charge is 0.488 e. The van der Waals surface area contributed by atoms with Crippen molar-refractivity contribution in [3.8, 4) is 5.75 Å². The molecular formula is C18H15Cl2N3O2. The fourth-order valence-electron chi connectivity index (χ4n) is 2.28. The molecule has 128 valence electrons. The van der Waals surface area contributed by atoms with E-state index in [-0.39, 0.29) is 0 Å². The van der Waals surface area contributed by atoms with Crippen molar-refractivity contribution in [2.45, 2.75) is 6.61 Å². The molecule has 25 heavy (non-hydrogen) atoms. The van der Waals surface area contributed by atoms with Crippen molar-refractivity contribution in [2.75, 3.05) is 7.11 Å². The highest BCUT2D eigenvalue weighted by atomic mass is 35.5. The van der Waals surface area contributed by atoms with Crippen LogP contribution in [0.15, 0.2) is 66.3 Å². The smallest absolute Gasteiger partial charge is 0.188 e. The minimum Gasteiger partial charge on any atom is -0.488 e. The van der Waals surface area contributed by atoms with Gasteiger partial charge in [0.25, 0.3) is 0 Å². The number of ether oxygens (including phenoxy) is 1. The Kier molecular flexibility index (Phi) is 5.58. The number of imidazole rings is 1. The molecule has 0 amide bonds. The molecule has 0 saturated carbocycles. The number of halogens is 2. The third kappa shape index (κ3) is 4.13. The van der Waals surface area contributed by atoms with Gasteiger partial charge in [-0.1, -0.05) is 46.6 Å². The summed E-state index contributed by atoms with van der Waals surface area (Å²) in [5, 5.41) is 5.25. The lowest BCUT2D eigenvalue weighted by Crippen LogP contribution is -2.14. The first-order chi connectivity index (χ1) is 12.2. The van der Waals surface area contributed by atoms with E-state index in [9.17, 15) is 0 Å². The van der Waals surface area contributed by atoms with E-state index in [1.165, 1.54) is 7.11 Å². The Balaban J connectivity index is 1.89. The number of rotatable bonds is 5. The summed E-state index contributed by atoms with van der Waals surface area (Å²) in [6.45, 7) is 0.303. The van der Waals surface area contributed by atoms with E-state index in [2.05, 4.69) is 10.1 Å². The molecule has 1 aromatic heterocycles. The van der Waals surface area contributed by atoms with Gasteiger partial charge in [-0.25, -0.2) is 4.98 Å². The van der Waals surface area contributed by atoms with E-state index in [4.69, 9.17) is 32.8 Å². The van der Waals surface area contributed by atoms with Crippen LogP contribution in [-0.2, 0) is 11.4 Å². The van der Waals surface area contributed by atoms with Crippen LogP contribution in [0.3, 0.4) is 0 Å². The van der Waals surface area contributed by atoms with Gasteiger partial charge in [0.2, 0.25) is 0 Å². The molecule has 0 aliphatic rings. The molecule has 1 heterocycles. The number of para-hydroxylation sites is 1. The van der Waals surface area contributed by atoms with Crippen molar-refractivity contribution >= 4 is 29.0 Å². The van der Waals surface area contributed by atoms with Gasteiger partial charge in [0.1, 0.15) is 25.8 Å². The number of aromatic nitrogens is 2. The van der Waals surface area contributed by atoms with E-state index in [0.29, 0.717) is 28.2 Å². The summed E-state index contributed by atoms with van der Waals surface area (Å²) in [4.78, 5) is 9.03. The second-order valence-corrected chi connectivity index (χ2v) is 5.93. The molecule has 0 aliphatic heterocycles. The minimum absolute atomic E-state index is 0.303. The quantitative estimate of drug-likeness (QED) is 0.371. The second kappa shape index (κ2) is 8.05. The van der Waals surface area contributed by atoms with Gasteiger partial charge in [-0.05, 0) is 24.3 Å². The van der Waals surface area contributed by atoms with Crippen molar-refractivity contribution in [1.82, 2.24) is 9.55 Å². The van der Waals surface area contributed by atoms with Crippen molar-refractivity contribution in [3.63, 3.8) is 0 Å². The highest BCUT2D eigenvalue weighted by Gasteiger charge is 2.14. The molecule has 0 aliphatic carbocycles. The first kappa shape index (κ1) is 17.3. The molecule has 3 aromatic rings. The lowest BCUT2D eigenvalue weighted by atomic mass is 10.1. The fraction of sp³-hybridized carbons (Fsp3) is 0.111. The topological polar surface area (TPSA) is 48.6 Å². The highest BCUT2D eigenvalue weighted by Crippen LogP contribution is 2.25. The zero-order valence-electron chi connectivity index (χ0n) is 13.4. The summed E-state index contributed by atoms with van der Waals surface area (Å²) in [6.07, 6.45) is 5.09. The number of benzene rings is 2. The summed E-state index contributed by atoms with van der Waals surface area (Å²) in [7, 11) is 1.49. The Morgan fingerprint density at radius 3 is 2.76 bits per heavy atom. The zero-order valence-corrected chi connectivity index (χ0v) is 14.9. The lowest BCUT2D eigenvalue weighted by Gasteiger charge is -2.14. The molecule has 0 radical (unpaired) electrons. The lowest BCUT2D eigenvalue weighted by molar-refractivity contribution is 0.212. The van der Waals surface area contributed by atoms with Crippen molar-refractivity contribution in [3.05, 3.63) is 82.4 Å².